The Morgan fingerprint density at radius 2 is 2.29 bits per heavy atom. The number of aromatic nitrogens is 1. The Balaban J connectivity index is 3.02. The third-order valence-electron chi connectivity index (χ3n) is 0.665. The van der Waals surface area contributed by atoms with Gasteiger partial charge in [-0.3, -0.25) is 4.98 Å². The third kappa shape index (κ3) is 1.24. The average molecular weight is 110 g/mol. The highest BCUT2D eigenvalue weighted by Gasteiger charge is 1.74. The summed E-state index contributed by atoms with van der Waals surface area (Å²) in [5.41, 5.74) is 0.877. The maximum Gasteiger partial charge on any atom is 0.0644 e. The standard InChI is InChI=1S/C5H5NP/c7-5-3-1-2-4-6-5/h1-4,7H. The number of pyridine rings is 1. The van der Waals surface area contributed by atoms with E-state index in [-0.39, 0.29) is 0 Å². The Morgan fingerprint density at radius 3 is 2.57 bits per heavy atom. The van der Waals surface area contributed by atoms with Gasteiger partial charge in [-0.05, 0) is 21.4 Å². The smallest absolute Gasteiger partial charge is 0.0644 e. The molecule has 1 aromatic heterocycles. The highest BCUT2D eigenvalue weighted by molar-refractivity contribution is 7.26. The molecule has 0 aliphatic rings. The summed E-state index contributed by atoms with van der Waals surface area (Å²) >= 11 is 0. The van der Waals surface area contributed by atoms with Crippen LogP contribution in [0, 0.1) is 0 Å². The molecule has 0 atom stereocenters. The molecule has 0 unspecified atom stereocenters. The Hall–Kier alpha value is -0.420. The Kier molecular flexibility index (Phi) is 1.38. The normalized spacial score (nSPS) is 8.71. The van der Waals surface area contributed by atoms with E-state index in [1.54, 1.807) is 6.20 Å². The van der Waals surface area contributed by atoms with Gasteiger partial charge in [0.25, 0.3) is 0 Å². The number of rotatable bonds is 0. The molecule has 1 aromatic rings. The van der Waals surface area contributed by atoms with Gasteiger partial charge in [-0.15, -0.1) is 0 Å². The van der Waals surface area contributed by atoms with Crippen molar-refractivity contribution in [2.24, 2.45) is 0 Å². The summed E-state index contributed by atoms with van der Waals surface area (Å²) in [6.45, 7) is 0. The monoisotopic (exact) mass is 110 g/mol. The van der Waals surface area contributed by atoms with Crippen molar-refractivity contribution in [3.63, 3.8) is 0 Å². The first-order chi connectivity index (χ1) is 3.39. The second-order valence-corrected chi connectivity index (χ2v) is 1.73. The van der Waals surface area contributed by atoms with Crippen LogP contribution in [0.15, 0.2) is 24.4 Å². The third-order valence-corrected chi connectivity index (χ3v) is 0.961. The number of hydrogen-bond donors (Lipinski definition) is 0. The molecular weight excluding hydrogens is 105 g/mol. The van der Waals surface area contributed by atoms with Gasteiger partial charge in [0.1, 0.15) is 0 Å². The molecule has 1 rings (SSSR count). The summed E-state index contributed by atoms with van der Waals surface area (Å²) in [4.78, 5) is 3.89. The van der Waals surface area contributed by atoms with Crippen molar-refractivity contribution >= 4 is 14.7 Å². The topological polar surface area (TPSA) is 12.9 Å². The van der Waals surface area contributed by atoms with Crippen molar-refractivity contribution in [3.05, 3.63) is 24.4 Å². The van der Waals surface area contributed by atoms with Gasteiger partial charge in [0.15, 0.2) is 0 Å². The van der Waals surface area contributed by atoms with Crippen molar-refractivity contribution in [1.29, 1.82) is 0 Å². The van der Waals surface area contributed by atoms with Crippen molar-refractivity contribution in [3.8, 4) is 0 Å². The van der Waals surface area contributed by atoms with Crippen molar-refractivity contribution in [2.45, 2.75) is 0 Å². The van der Waals surface area contributed by atoms with E-state index in [9.17, 15) is 0 Å². The van der Waals surface area contributed by atoms with E-state index in [4.69, 9.17) is 0 Å². The molecule has 1 nitrogen and oxygen atoms in total. The minimum atomic E-state index is 0.877. The lowest BCUT2D eigenvalue weighted by Crippen LogP contribution is -1.91. The fourth-order valence-corrected chi connectivity index (χ4v) is 0.534. The van der Waals surface area contributed by atoms with E-state index < -0.39 is 0 Å². The molecule has 0 amide bonds. The maximum atomic E-state index is 3.89. The van der Waals surface area contributed by atoms with Gasteiger partial charge < -0.3 is 0 Å². The molecule has 0 N–H and O–H groups in total. The number of hydrogen-bond acceptors (Lipinski definition) is 1. The van der Waals surface area contributed by atoms with Crippen LogP contribution in [0.3, 0.4) is 0 Å². The predicted octanol–water partition coefficient (Wildman–Crippen LogP) is 0.850. The molecule has 7 heavy (non-hydrogen) atoms. The van der Waals surface area contributed by atoms with Crippen LogP contribution < -0.4 is 5.44 Å². The first-order valence-electron chi connectivity index (χ1n) is 2.02. The lowest BCUT2D eigenvalue weighted by atomic mass is 10.5. The zero-order valence-electron chi connectivity index (χ0n) is 3.76. The zero-order valence-corrected chi connectivity index (χ0v) is 4.76. The van der Waals surface area contributed by atoms with Crippen LogP contribution in [0.25, 0.3) is 0 Å². The minimum absolute atomic E-state index is 0.877. The van der Waals surface area contributed by atoms with Crippen LogP contribution in [0.1, 0.15) is 0 Å². The van der Waals surface area contributed by atoms with Gasteiger partial charge in [0.2, 0.25) is 0 Å². The van der Waals surface area contributed by atoms with E-state index in [0.29, 0.717) is 0 Å². The molecule has 0 saturated heterocycles. The molecule has 1 heterocycles. The summed E-state index contributed by atoms with van der Waals surface area (Å²) in [6.07, 6.45) is 1.74. The molecule has 0 aromatic carbocycles. The van der Waals surface area contributed by atoms with Crippen molar-refractivity contribution in [1.82, 2.24) is 4.98 Å². The summed E-state index contributed by atoms with van der Waals surface area (Å²) in [5.74, 6) is 0. The largest absolute Gasteiger partial charge is 0.256 e. The van der Waals surface area contributed by atoms with Gasteiger partial charge in [-0.25, -0.2) is 0 Å². The molecule has 0 saturated carbocycles. The molecule has 2 heteroatoms. The van der Waals surface area contributed by atoms with E-state index in [2.05, 4.69) is 14.2 Å². The van der Waals surface area contributed by atoms with Crippen molar-refractivity contribution in [2.75, 3.05) is 0 Å². The molecule has 0 bridgehead atoms. The van der Waals surface area contributed by atoms with E-state index in [0.717, 1.165) is 5.44 Å². The lowest BCUT2D eigenvalue weighted by molar-refractivity contribution is 1.40. The van der Waals surface area contributed by atoms with Crippen LogP contribution in [-0.2, 0) is 0 Å². The average Bonchev–Trinajstić information content (AvgIpc) is 1.69. The summed E-state index contributed by atoms with van der Waals surface area (Å²) < 4.78 is 0. The van der Waals surface area contributed by atoms with Crippen LogP contribution in [0.5, 0.6) is 0 Å². The van der Waals surface area contributed by atoms with E-state index in [1.165, 1.54) is 0 Å². The Labute approximate surface area is 45.0 Å². The second kappa shape index (κ2) is 2.04. The zero-order chi connectivity index (χ0) is 5.11. The highest BCUT2D eigenvalue weighted by Crippen LogP contribution is 1.80. The maximum absolute atomic E-state index is 3.89. The Morgan fingerprint density at radius 1 is 1.43 bits per heavy atom. The van der Waals surface area contributed by atoms with Gasteiger partial charge in [0.05, 0.1) is 5.44 Å². The van der Waals surface area contributed by atoms with Crippen LogP contribution in [0.2, 0.25) is 0 Å². The van der Waals surface area contributed by atoms with E-state index in [1.807, 2.05) is 18.2 Å². The first kappa shape index (κ1) is 4.73. The van der Waals surface area contributed by atoms with Crippen LogP contribution >= 0.6 is 9.24 Å². The highest BCUT2D eigenvalue weighted by atomic mass is 31.0. The quantitative estimate of drug-likeness (QED) is 0.451. The predicted molar refractivity (Wildman–Crippen MR) is 32.2 cm³/mol. The van der Waals surface area contributed by atoms with Gasteiger partial charge in [-0.1, -0.05) is 6.07 Å². The molecular formula is C5H5NP. The van der Waals surface area contributed by atoms with E-state index >= 15 is 0 Å². The van der Waals surface area contributed by atoms with Gasteiger partial charge in [0, 0.05) is 6.20 Å². The van der Waals surface area contributed by atoms with Gasteiger partial charge in [-0.2, -0.15) is 0 Å². The van der Waals surface area contributed by atoms with Gasteiger partial charge >= 0.3 is 0 Å². The van der Waals surface area contributed by atoms with Crippen LogP contribution in [0.4, 0.5) is 0 Å². The fourth-order valence-electron chi connectivity index (χ4n) is 0.363. The Bertz CT molecular complexity index is 138. The van der Waals surface area contributed by atoms with Crippen LogP contribution in [-0.4, -0.2) is 4.98 Å². The molecule has 0 aliphatic carbocycles. The summed E-state index contributed by atoms with van der Waals surface area (Å²) in [7, 11) is 3.25. The second-order valence-electron chi connectivity index (χ2n) is 1.21. The molecule has 35 valence electrons. The molecule has 0 aliphatic heterocycles. The minimum Gasteiger partial charge on any atom is -0.256 e. The number of nitrogens with zero attached hydrogens (tertiary/aromatic N) is 1. The lowest BCUT2D eigenvalue weighted by Gasteiger charge is -1.81. The summed E-state index contributed by atoms with van der Waals surface area (Å²) in [6, 6.07) is 5.69. The first-order valence-corrected chi connectivity index (χ1v) is 2.52. The summed E-state index contributed by atoms with van der Waals surface area (Å²) in [5, 5.41) is 0. The van der Waals surface area contributed by atoms with Crippen molar-refractivity contribution < 1.29 is 0 Å². The molecule has 0 fully saturated rings. The SMILES string of the molecule is [PH]c1ccccn1. The molecule has 1 radical (unpaired) electrons. The fraction of sp³-hybridized carbons (Fsp3) is 0. The molecule has 0 spiro atoms.